The summed E-state index contributed by atoms with van der Waals surface area (Å²) in [5.41, 5.74) is 1.59. The standard InChI is InChI=1S/C15H15N5O3S/c1-8-6-9(2)20-15(16-8)18-13(19-20)14(23)17-10(7-12(21)22)11-4-3-5-24-11/h3-6,10H,7H2,1-2H3,(H,17,23)(H,21,22). The summed E-state index contributed by atoms with van der Waals surface area (Å²) in [5, 5.41) is 17.7. The van der Waals surface area contributed by atoms with Crippen molar-refractivity contribution in [2.45, 2.75) is 26.3 Å². The molecule has 1 unspecified atom stereocenters. The number of nitrogens with one attached hydrogen (secondary N) is 1. The van der Waals surface area contributed by atoms with E-state index >= 15 is 0 Å². The fourth-order valence-corrected chi connectivity index (χ4v) is 3.15. The molecule has 2 N–H and O–H groups in total. The van der Waals surface area contributed by atoms with Gasteiger partial charge >= 0.3 is 5.97 Å². The Balaban J connectivity index is 1.87. The summed E-state index contributed by atoms with van der Waals surface area (Å²) in [5.74, 6) is -1.23. The van der Waals surface area contributed by atoms with E-state index in [1.54, 1.807) is 12.1 Å². The minimum absolute atomic E-state index is 0.0388. The molecule has 1 amide bonds. The van der Waals surface area contributed by atoms with Gasteiger partial charge in [-0.25, -0.2) is 9.50 Å². The molecule has 0 spiro atoms. The zero-order chi connectivity index (χ0) is 17.3. The second kappa shape index (κ2) is 6.36. The fraction of sp³-hybridized carbons (Fsp3) is 0.267. The Hall–Kier alpha value is -2.81. The molecule has 9 heteroatoms. The lowest BCUT2D eigenvalue weighted by atomic mass is 10.1. The Morgan fingerprint density at radius 3 is 2.83 bits per heavy atom. The SMILES string of the molecule is Cc1cc(C)n2nc(C(=O)NC(CC(=O)O)c3cccs3)nc2n1. The zero-order valence-electron chi connectivity index (χ0n) is 13.1. The molecular formula is C15H15N5O3S. The van der Waals surface area contributed by atoms with Crippen LogP contribution in [0.15, 0.2) is 23.6 Å². The van der Waals surface area contributed by atoms with Crippen molar-refractivity contribution in [3.63, 3.8) is 0 Å². The largest absolute Gasteiger partial charge is 0.481 e. The van der Waals surface area contributed by atoms with Crippen LogP contribution in [0.25, 0.3) is 5.78 Å². The molecule has 0 aliphatic heterocycles. The third kappa shape index (κ3) is 3.25. The molecule has 3 aromatic rings. The van der Waals surface area contributed by atoms with Crippen LogP contribution in [0, 0.1) is 13.8 Å². The molecule has 0 aromatic carbocycles. The number of carboxylic acids is 1. The van der Waals surface area contributed by atoms with Crippen LogP contribution < -0.4 is 5.32 Å². The van der Waals surface area contributed by atoms with Crippen molar-refractivity contribution in [1.29, 1.82) is 0 Å². The van der Waals surface area contributed by atoms with Crippen molar-refractivity contribution >= 4 is 29.0 Å². The molecule has 0 aliphatic rings. The fourth-order valence-electron chi connectivity index (χ4n) is 2.37. The summed E-state index contributed by atoms with van der Waals surface area (Å²) < 4.78 is 1.49. The highest BCUT2D eigenvalue weighted by Crippen LogP contribution is 2.22. The third-order valence-corrected chi connectivity index (χ3v) is 4.38. The van der Waals surface area contributed by atoms with E-state index in [9.17, 15) is 9.59 Å². The van der Waals surface area contributed by atoms with Crippen molar-refractivity contribution in [2.75, 3.05) is 0 Å². The van der Waals surface area contributed by atoms with Crippen LogP contribution in [0.2, 0.25) is 0 Å². The lowest BCUT2D eigenvalue weighted by Gasteiger charge is -2.14. The van der Waals surface area contributed by atoms with Crippen LogP contribution in [-0.4, -0.2) is 36.6 Å². The van der Waals surface area contributed by atoms with Crippen LogP contribution in [0.3, 0.4) is 0 Å². The minimum Gasteiger partial charge on any atom is -0.481 e. The molecular weight excluding hydrogens is 330 g/mol. The Morgan fingerprint density at radius 2 is 2.17 bits per heavy atom. The van der Waals surface area contributed by atoms with E-state index in [2.05, 4.69) is 20.4 Å². The summed E-state index contributed by atoms with van der Waals surface area (Å²) in [7, 11) is 0. The molecule has 0 bridgehead atoms. The van der Waals surface area contributed by atoms with Crippen molar-refractivity contribution in [3.05, 3.63) is 45.7 Å². The van der Waals surface area contributed by atoms with E-state index in [1.165, 1.54) is 15.9 Å². The minimum atomic E-state index is -0.996. The van der Waals surface area contributed by atoms with Gasteiger partial charge in [-0.2, -0.15) is 4.98 Å². The van der Waals surface area contributed by atoms with Crippen LogP contribution in [0.4, 0.5) is 0 Å². The highest BCUT2D eigenvalue weighted by atomic mass is 32.1. The normalized spacial score (nSPS) is 12.2. The first-order valence-electron chi connectivity index (χ1n) is 7.21. The Bertz CT molecular complexity index is 903. The van der Waals surface area contributed by atoms with Gasteiger partial charge in [-0.15, -0.1) is 16.4 Å². The molecule has 8 nitrogen and oxygen atoms in total. The quantitative estimate of drug-likeness (QED) is 0.729. The van der Waals surface area contributed by atoms with E-state index in [-0.39, 0.29) is 12.2 Å². The molecule has 0 fully saturated rings. The van der Waals surface area contributed by atoms with Gasteiger partial charge in [0.1, 0.15) is 0 Å². The third-order valence-electron chi connectivity index (χ3n) is 3.39. The Labute approximate surface area is 141 Å². The van der Waals surface area contributed by atoms with Gasteiger partial charge in [0.2, 0.25) is 5.82 Å². The number of aliphatic carboxylic acids is 1. The number of carbonyl (C=O) groups excluding carboxylic acids is 1. The maximum Gasteiger partial charge on any atom is 0.305 e. The topological polar surface area (TPSA) is 109 Å². The average molecular weight is 345 g/mol. The van der Waals surface area contributed by atoms with Crippen molar-refractivity contribution in [1.82, 2.24) is 24.9 Å². The molecule has 124 valence electrons. The maximum atomic E-state index is 12.4. The first-order chi connectivity index (χ1) is 11.4. The van der Waals surface area contributed by atoms with Gasteiger partial charge < -0.3 is 10.4 Å². The average Bonchev–Trinajstić information content (AvgIpc) is 3.15. The first-order valence-corrected chi connectivity index (χ1v) is 8.09. The van der Waals surface area contributed by atoms with Gasteiger partial charge in [0.15, 0.2) is 0 Å². The smallest absolute Gasteiger partial charge is 0.305 e. The number of carboxylic acid groups (broad SMARTS) is 1. The van der Waals surface area contributed by atoms with E-state index in [0.717, 1.165) is 16.3 Å². The van der Waals surface area contributed by atoms with Crippen molar-refractivity contribution < 1.29 is 14.7 Å². The van der Waals surface area contributed by atoms with E-state index in [1.807, 2.05) is 25.3 Å². The molecule has 3 aromatic heterocycles. The second-order valence-corrected chi connectivity index (χ2v) is 6.30. The summed E-state index contributed by atoms with van der Waals surface area (Å²) in [4.78, 5) is 32.6. The van der Waals surface area contributed by atoms with Crippen molar-refractivity contribution in [3.8, 4) is 0 Å². The second-order valence-electron chi connectivity index (χ2n) is 5.33. The van der Waals surface area contributed by atoms with E-state index in [4.69, 9.17) is 5.11 Å². The molecule has 24 heavy (non-hydrogen) atoms. The summed E-state index contributed by atoms with van der Waals surface area (Å²) in [6, 6.07) is 4.80. The van der Waals surface area contributed by atoms with Crippen LogP contribution >= 0.6 is 11.3 Å². The monoisotopic (exact) mass is 345 g/mol. The molecule has 1 atom stereocenters. The van der Waals surface area contributed by atoms with E-state index in [0.29, 0.717) is 5.78 Å². The van der Waals surface area contributed by atoms with Crippen molar-refractivity contribution in [2.24, 2.45) is 0 Å². The number of aromatic nitrogens is 4. The Kier molecular flexibility index (Phi) is 4.26. The molecule has 0 saturated heterocycles. The van der Waals surface area contributed by atoms with Gasteiger partial charge in [-0.05, 0) is 31.4 Å². The lowest BCUT2D eigenvalue weighted by Crippen LogP contribution is -2.30. The molecule has 0 radical (unpaired) electrons. The van der Waals surface area contributed by atoms with E-state index < -0.39 is 17.9 Å². The molecule has 3 heterocycles. The zero-order valence-corrected chi connectivity index (χ0v) is 13.9. The number of carbonyl (C=O) groups is 2. The van der Waals surface area contributed by atoms with Gasteiger partial charge in [-0.1, -0.05) is 6.07 Å². The predicted molar refractivity (Wildman–Crippen MR) is 87.0 cm³/mol. The maximum absolute atomic E-state index is 12.4. The van der Waals surface area contributed by atoms with Crippen LogP contribution in [0.1, 0.15) is 39.3 Å². The summed E-state index contributed by atoms with van der Waals surface area (Å²) in [6.45, 7) is 3.68. The number of thiophene rings is 1. The predicted octanol–water partition coefficient (Wildman–Crippen LogP) is 1.75. The van der Waals surface area contributed by atoms with Gasteiger partial charge in [0, 0.05) is 16.3 Å². The summed E-state index contributed by atoms with van der Waals surface area (Å²) in [6.07, 6.45) is -0.212. The lowest BCUT2D eigenvalue weighted by molar-refractivity contribution is -0.137. The van der Waals surface area contributed by atoms with Gasteiger partial charge in [-0.3, -0.25) is 9.59 Å². The van der Waals surface area contributed by atoms with Gasteiger partial charge in [0.25, 0.3) is 11.7 Å². The number of rotatable bonds is 5. The molecule has 0 aliphatic carbocycles. The number of hydrogen-bond acceptors (Lipinski definition) is 6. The molecule has 0 saturated carbocycles. The summed E-state index contributed by atoms with van der Waals surface area (Å²) >= 11 is 1.38. The first kappa shape index (κ1) is 16.1. The number of aryl methyl sites for hydroxylation is 2. The highest BCUT2D eigenvalue weighted by molar-refractivity contribution is 7.10. The van der Waals surface area contributed by atoms with Crippen LogP contribution in [-0.2, 0) is 4.79 Å². The van der Waals surface area contributed by atoms with Gasteiger partial charge in [0.05, 0.1) is 12.5 Å². The number of nitrogens with zero attached hydrogens (tertiary/aromatic N) is 4. The highest BCUT2D eigenvalue weighted by Gasteiger charge is 2.22. The Morgan fingerprint density at radius 1 is 1.38 bits per heavy atom. The number of fused-ring (bicyclic) bond motifs is 1. The van der Waals surface area contributed by atoms with Crippen LogP contribution in [0.5, 0.6) is 0 Å². The number of hydrogen-bond donors (Lipinski definition) is 2. The molecule has 3 rings (SSSR count). The number of amides is 1.